The Bertz CT molecular complexity index is 920. The molecule has 1 aromatic carbocycles. The summed E-state index contributed by atoms with van der Waals surface area (Å²) in [5, 5.41) is 8.78. The summed E-state index contributed by atoms with van der Waals surface area (Å²) < 4.78 is 0. The van der Waals surface area contributed by atoms with Crippen molar-refractivity contribution in [2.24, 2.45) is 0 Å². The minimum absolute atomic E-state index is 0.170. The van der Waals surface area contributed by atoms with Gasteiger partial charge in [0.05, 0.1) is 11.3 Å². The summed E-state index contributed by atoms with van der Waals surface area (Å²) in [7, 11) is 0. The highest BCUT2D eigenvalue weighted by Crippen LogP contribution is 2.38. The molecule has 0 radical (unpaired) electrons. The molecule has 3 heterocycles. The molecule has 1 amide bonds. The molecular weight excluding hydrogens is 400 g/mol. The Kier molecular flexibility index (Phi) is 6.44. The SMILES string of the molecule is CCCN1CCN(C(=O)c2ccc(-c3nnc(C4CC4)[nH]3)cc2N2CCCCCC2)CC1. The van der Waals surface area contributed by atoms with Gasteiger partial charge in [0, 0.05) is 50.7 Å². The fraction of sp³-hybridized carbons (Fsp3) is 0.640. The molecule has 0 spiro atoms. The Hall–Kier alpha value is -2.41. The minimum Gasteiger partial charge on any atom is -0.371 e. The second kappa shape index (κ2) is 9.61. The quantitative estimate of drug-likeness (QED) is 0.744. The summed E-state index contributed by atoms with van der Waals surface area (Å²) in [4.78, 5) is 24.0. The number of anilines is 1. The monoisotopic (exact) mass is 436 g/mol. The average molecular weight is 437 g/mol. The minimum atomic E-state index is 0.170. The summed E-state index contributed by atoms with van der Waals surface area (Å²) in [6.07, 6.45) is 8.47. The van der Waals surface area contributed by atoms with E-state index in [9.17, 15) is 4.79 Å². The maximum Gasteiger partial charge on any atom is 0.256 e. The number of amides is 1. The molecule has 7 heteroatoms. The Morgan fingerprint density at radius 1 is 1.00 bits per heavy atom. The standard InChI is InChI=1S/C25H36N6O/c1-2-11-29-14-16-31(17-15-29)25(32)21-10-9-20(24-26-23(27-28-24)19-7-8-19)18-22(21)30-12-5-3-4-6-13-30/h9-10,18-19H,2-8,11-17H2,1H3,(H,26,27,28). The zero-order chi connectivity index (χ0) is 21.9. The van der Waals surface area contributed by atoms with E-state index in [1.807, 2.05) is 17.0 Å². The highest BCUT2D eigenvalue weighted by Gasteiger charge is 2.29. The smallest absolute Gasteiger partial charge is 0.256 e. The number of carbonyl (C=O) groups is 1. The third kappa shape index (κ3) is 4.68. The summed E-state index contributed by atoms with van der Waals surface area (Å²) in [5.74, 6) is 2.54. The molecular formula is C25H36N6O. The molecule has 2 aliphatic heterocycles. The third-order valence-corrected chi connectivity index (χ3v) is 7.12. The number of aromatic nitrogens is 3. The van der Waals surface area contributed by atoms with E-state index in [0.29, 0.717) is 5.92 Å². The van der Waals surface area contributed by atoms with Crippen molar-refractivity contribution in [3.05, 3.63) is 29.6 Å². The number of hydrogen-bond donors (Lipinski definition) is 1. The van der Waals surface area contributed by atoms with Gasteiger partial charge in [0.1, 0.15) is 5.82 Å². The van der Waals surface area contributed by atoms with Gasteiger partial charge < -0.3 is 14.8 Å². The van der Waals surface area contributed by atoms with Crippen molar-refractivity contribution in [1.82, 2.24) is 25.0 Å². The van der Waals surface area contributed by atoms with E-state index in [0.717, 1.165) is 74.3 Å². The highest BCUT2D eigenvalue weighted by atomic mass is 16.2. The lowest BCUT2D eigenvalue weighted by atomic mass is 10.0. The molecule has 1 aromatic heterocycles. The van der Waals surface area contributed by atoms with Gasteiger partial charge in [-0.2, -0.15) is 0 Å². The van der Waals surface area contributed by atoms with Gasteiger partial charge in [0.25, 0.3) is 5.91 Å². The lowest BCUT2D eigenvalue weighted by Crippen LogP contribution is -2.49. The molecule has 2 saturated heterocycles. The number of nitrogens with zero attached hydrogens (tertiary/aromatic N) is 5. The van der Waals surface area contributed by atoms with Crippen molar-refractivity contribution in [2.45, 2.75) is 57.8 Å². The number of nitrogens with one attached hydrogen (secondary N) is 1. The Labute approximate surface area is 191 Å². The van der Waals surface area contributed by atoms with E-state index in [1.54, 1.807) is 0 Å². The van der Waals surface area contributed by atoms with Crippen LogP contribution in [0.25, 0.3) is 11.4 Å². The highest BCUT2D eigenvalue weighted by molar-refractivity contribution is 6.00. The number of benzene rings is 1. The summed E-state index contributed by atoms with van der Waals surface area (Å²) in [5.41, 5.74) is 2.92. The average Bonchev–Trinajstić information content (AvgIpc) is 3.62. The largest absolute Gasteiger partial charge is 0.371 e. The second-order valence-corrected chi connectivity index (χ2v) is 9.60. The zero-order valence-corrected chi connectivity index (χ0v) is 19.4. The van der Waals surface area contributed by atoms with Crippen LogP contribution in [0.1, 0.15) is 74.0 Å². The maximum absolute atomic E-state index is 13.6. The molecule has 172 valence electrons. The number of carbonyl (C=O) groups excluding carboxylic acids is 1. The van der Waals surface area contributed by atoms with Crippen LogP contribution in [-0.4, -0.2) is 76.7 Å². The van der Waals surface area contributed by atoms with E-state index >= 15 is 0 Å². The number of piperazine rings is 1. The van der Waals surface area contributed by atoms with Gasteiger partial charge in [0.15, 0.2) is 5.82 Å². The molecule has 0 atom stereocenters. The van der Waals surface area contributed by atoms with Crippen LogP contribution in [0.15, 0.2) is 18.2 Å². The predicted molar refractivity (Wildman–Crippen MR) is 127 cm³/mol. The van der Waals surface area contributed by atoms with Gasteiger partial charge in [0.2, 0.25) is 0 Å². The molecule has 3 aliphatic rings. The van der Waals surface area contributed by atoms with Gasteiger partial charge >= 0.3 is 0 Å². The van der Waals surface area contributed by atoms with E-state index < -0.39 is 0 Å². The predicted octanol–water partition coefficient (Wildman–Crippen LogP) is 3.90. The maximum atomic E-state index is 13.6. The van der Waals surface area contributed by atoms with Crippen molar-refractivity contribution in [1.29, 1.82) is 0 Å². The topological polar surface area (TPSA) is 68.4 Å². The first-order valence-corrected chi connectivity index (χ1v) is 12.6. The first-order valence-electron chi connectivity index (χ1n) is 12.6. The lowest BCUT2D eigenvalue weighted by molar-refractivity contribution is 0.0638. The van der Waals surface area contributed by atoms with Crippen molar-refractivity contribution >= 4 is 11.6 Å². The lowest BCUT2D eigenvalue weighted by Gasteiger charge is -2.35. The van der Waals surface area contributed by atoms with Crippen LogP contribution in [-0.2, 0) is 0 Å². The number of rotatable bonds is 6. The van der Waals surface area contributed by atoms with Crippen LogP contribution in [0.4, 0.5) is 5.69 Å². The van der Waals surface area contributed by atoms with Gasteiger partial charge in [-0.1, -0.05) is 25.8 Å². The molecule has 32 heavy (non-hydrogen) atoms. The van der Waals surface area contributed by atoms with Gasteiger partial charge in [-0.15, -0.1) is 10.2 Å². The van der Waals surface area contributed by atoms with Crippen LogP contribution in [0.5, 0.6) is 0 Å². The normalized spacial score (nSPS) is 20.4. The van der Waals surface area contributed by atoms with E-state index in [-0.39, 0.29) is 5.91 Å². The van der Waals surface area contributed by atoms with Gasteiger partial charge in [-0.3, -0.25) is 9.69 Å². The summed E-state index contributed by atoms with van der Waals surface area (Å²) in [6, 6.07) is 6.23. The van der Waals surface area contributed by atoms with Gasteiger partial charge in [-0.05, 0) is 50.8 Å². The Balaban J connectivity index is 1.42. The molecule has 3 fully saturated rings. The second-order valence-electron chi connectivity index (χ2n) is 9.60. The van der Waals surface area contributed by atoms with Crippen LogP contribution < -0.4 is 4.90 Å². The molecule has 0 unspecified atom stereocenters. The first-order chi connectivity index (χ1) is 15.7. The zero-order valence-electron chi connectivity index (χ0n) is 19.4. The molecule has 5 rings (SSSR count). The summed E-state index contributed by atoms with van der Waals surface area (Å²) >= 11 is 0. The number of H-pyrrole nitrogens is 1. The molecule has 1 saturated carbocycles. The van der Waals surface area contributed by atoms with E-state index in [2.05, 4.69) is 38.0 Å². The molecule has 7 nitrogen and oxygen atoms in total. The Morgan fingerprint density at radius 3 is 2.44 bits per heavy atom. The van der Waals surface area contributed by atoms with E-state index in [4.69, 9.17) is 0 Å². The number of hydrogen-bond acceptors (Lipinski definition) is 5. The van der Waals surface area contributed by atoms with Crippen molar-refractivity contribution in [3.8, 4) is 11.4 Å². The van der Waals surface area contributed by atoms with Gasteiger partial charge in [-0.25, -0.2) is 0 Å². The Morgan fingerprint density at radius 2 is 1.75 bits per heavy atom. The number of aromatic amines is 1. The van der Waals surface area contributed by atoms with Crippen molar-refractivity contribution in [2.75, 3.05) is 50.7 Å². The molecule has 1 N–H and O–H groups in total. The third-order valence-electron chi connectivity index (χ3n) is 7.12. The summed E-state index contributed by atoms with van der Waals surface area (Å²) in [6.45, 7) is 8.93. The van der Waals surface area contributed by atoms with Crippen LogP contribution >= 0.6 is 0 Å². The fourth-order valence-corrected chi connectivity index (χ4v) is 5.04. The van der Waals surface area contributed by atoms with Crippen LogP contribution in [0.3, 0.4) is 0 Å². The van der Waals surface area contributed by atoms with E-state index in [1.165, 1.54) is 44.9 Å². The molecule has 2 aromatic rings. The fourth-order valence-electron chi connectivity index (χ4n) is 5.04. The first kappa shape index (κ1) is 21.4. The van der Waals surface area contributed by atoms with Crippen molar-refractivity contribution in [3.63, 3.8) is 0 Å². The molecule has 1 aliphatic carbocycles. The van der Waals surface area contributed by atoms with Crippen LogP contribution in [0, 0.1) is 0 Å². The van der Waals surface area contributed by atoms with Crippen molar-refractivity contribution < 1.29 is 4.79 Å². The van der Waals surface area contributed by atoms with Crippen LogP contribution in [0.2, 0.25) is 0 Å². The molecule has 0 bridgehead atoms.